The smallest absolute Gasteiger partial charge is 0.265 e. The molecule has 4 nitrogen and oxygen atoms in total. The first-order chi connectivity index (χ1) is 6.43. The van der Waals surface area contributed by atoms with Crippen LogP contribution in [0.1, 0.15) is 12.8 Å². The molecule has 1 unspecified atom stereocenters. The van der Waals surface area contributed by atoms with E-state index in [4.69, 9.17) is 5.11 Å². The Labute approximate surface area is 81.6 Å². The lowest BCUT2D eigenvalue weighted by Crippen LogP contribution is -2.44. The van der Waals surface area contributed by atoms with Crippen molar-refractivity contribution in [3.63, 3.8) is 0 Å². The fraction of sp³-hybridized carbons (Fsp3) is 1.00. The number of aliphatic hydroxyl groups is 1. The van der Waals surface area contributed by atoms with E-state index in [2.05, 4.69) is 0 Å². The number of rotatable bonds is 3. The summed E-state index contributed by atoms with van der Waals surface area (Å²) in [5.41, 5.74) is 0. The van der Waals surface area contributed by atoms with Crippen molar-refractivity contribution in [2.45, 2.75) is 25.4 Å². The summed E-state index contributed by atoms with van der Waals surface area (Å²) in [6.45, 7) is -0.272. The Morgan fingerprint density at radius 2 is 2.00 bits per heavy atom. The Balaban J connectivity index is 2.58. The number of hydrogen-bond donors (Lipinski definition) is 1. The standard InChI is InChI=1S/C7H13F2NO3S/c8-7(9)6(11)5-10-3-1-2-4-14(10,12)13/h6-7,11H,1-5H2. The third-order valence-corrected chi connectivity index (χ3v) is 4.06. The molecule has 0 bridgehead atoms. The fourth-order valence-electron chi connectivity index (χ4n) is 1.33. The van der Waals surface area contributed by atoms with E-state index in [-0.39, 0.29) is 12.3 Å². The van der Waals surface area contributed by atoms with Crippen LogP contribution in [0.3, 0.4) is 0 Å². The van der Waals surface area contributed by atoms with Gasteiger partial charge in [-0.15, -0.1) is 0 Å². The molecular weight excluding hydrogens is 216 g/mol. The third-order valence-electron chi connectivity index (χ3n) is 2.13. The van der Waals surface area contributed by atoms with E-state index in [9.17, 15) is 17.2 Å². The van der Waals surface area contributed by atoms with Gasteiger partial charge < -0.3 is 5.11 Å². The quantitative estimate of drug-likeness (QED) is 0.743. The van der Waals surface area contributed by atoms with Gasteiger partial charge in [-0.05, 0) is 12.8 Å². The van der Waals surface area contributed by atoms with Crippen LogP contribution in [0.5, 0.6) is 0 Å². The molecule has 1 fully saturated rings. The van der Waals surface area contributed by atoms with Crippen LogP contribution < -0.4 is 0 Å². The van der Waals surface area contributed by atoms with Gasteiger partial charge >= 0.3 is 0 Å². The lowest BCUT2D eigenvalue weighted by molar-refractivity contribution is -0.0132. The second-order valence-corrected chi connectivity index (χ2v) is 5.37. The van der Waals surface area contributed by atoms with Crippen LogP contribution in [-0.4, -0.2) is 49.2 Å². The summed E-state index contributed by atoms with van der Waals surface area (Å²) in [5.74, 6) is -0.0110. The number of hydrogen-bond acceptors (Lipinski definition) is 3. The van der Waals surface area contributed by atoms with Crippen LogP contribution in [0.15, 0.2) is 0 Å². The maximum absolute atomic E-state index is 12.0. The van der Waals surface area contributed by atoms with E-state index in [1.54, 1.807) is 0 Å². The molecule has 84 valence electrons. The Hall–Kier alpha value is -0.270. The number of halogens is 2. The van der Waals surface area contributed by atoms with Crippen molar-refractivity contribution in [1.82, 2.24) is 4.31 Å². The first-order valence-electron chi connectivity index (χ1n) is 4.37. The Morgan fingerprint density at radius 3 is 2.50 bits per heavy atom. The normalized spacial score (nSPS) is 25.1. The average Bonchev–Trinajstić information content (AvgIpc) is 2.08. The predicted molar refractivity (Wildman–Crippen MR) is 46.6 cm³/mol. The molecule has 0 aromatic carbocycles. The summed E-state index contributed by atoms with van der Waals surface area (Å²) >= 11 is 0. The Kier molecular flexibility index (Phi) is 3.79. The second-order valence-electron chi connectivity index (χ2n) is 3.28. The molecular formula is C7H13F2NO3S. The fourth-order valence-corrected chi connectivity index (χ4v) is 2.95. The molecule has 0 saturated carbocycles. The van der Waals surface area contributed by atoms with E-state index < -0.39 is 29.1 Å². The van der Waals surface area contributed by atoms with Crippen LogP contribution in [-0.2, 0) is 10.0 Å². The van der Waals surface area contributed by atoms with Gasteiger partial charge in [0.2, 0.25) is 10.0 Å². The molecule has 1 saturated heterocycles. The van der Waals surface area contributed by atoms with E-state index in [0.717, 1.165) is 4.31 Å². The topological polar surface area (TPSA) is 57.6 Å². The molecule has 0 amide bonds. The van der Waals surface area contributed by atoms with Gasteiger partial charge in [-0.1, -0.05) is 0 Å². The minimum atomic E-state index is -3.41. The highest BCUT2D eigenvalue weighted by molar-refractivity contribution is 7.89. The van der Waals surface area contributed by atoms with Crippen LogP contribution in [0, 0.1) is 0 Å². The molecule has 7 heteroatoms. The first-order valence-corrected chi connectivity index (χ1v) is 5.98. The van der Waals surface area contributed by atoms with Crippen molar-refractivity contribution < 1.29 is 22.3 Å². The highest BCUT2D eigenvalue weighted by Crippen LogP contribution is 2.15. The molecule has 1 N–H and O–H groups in total. The number of sulfonamides is 1. The first kappa shape index (κ1) is 11.8. The van der Waals surface area contributed by atoms with Gasteiger partial charge in [0.15, 0.2) is 0 Å². The zero-order valence-electron chi connectivity index (χ0n) is 7.57. The Morgan fingerprint density at radius 1 is 1.36 bits per heavy atom. The number of β-amino-alcohol motifs (C(OH)–C–C–N with tert-alkyl or cyclic N) is 1. The van der Waals surface area contributed by atoms with Crippen molar-refractivity contribution in [3.8, 4) is 0 Å². The van der Waals surface area contributed by atoms with Gasteiger partial charge in [-0.25, -0.2) is 17.2 Å². The molecule has 14 heavy (non-hydrogen) atoms. The highest BCUT2D eigenvalue weighted by atomic mass is 32.2. The SMILES string of the molecule is O=S1(=O)CCCCN1CC(O)C(F)F. The summed E-state index contributed by atoms with van der Waals surface area (Å²) in [4.78, 5) is 0. The van der Waals surface area contributed by atoms with Gasteiger partial charge in [-0.2, -0.15) is 4.31 Å². The summed E-state index contributed by atoms with van der Waals surface area (Å²) in [7, 11) is -3.41. The van der Waals surface area contributed by atoms with E-state index in [1.807, 2.05) is 0 Å². The van der Waals surface area contributed by atoms with E-state index >= 15 is 0 Å². The number of alkyl halides is 2. The second kappa shape index (κ2) is 4.50. The van der Waals surface area contributed by atoms with Gasteiger partial charge in [0.05, 0.1) is 5.75 Å². The maximum Gasteiger partial charge on any atom is 0.265 e. The molecule has 0 aromatic rings. The summed E-state index contributed by atoms with van der Waals surface area (Å²) in [6.07, 6.45) is -3.56. The van der Waals surface area contributed by atoms with E-state index in [1.165, 1.54) is 0 Å². The predicted octanol–water partition coefficient (Wildman–Crippen LogP) is 0.0380. The van der Waals surface area contributed by atoms with Crippen LogP contribution >= 0.6 is 0 Å². The van der Waals surface area contributed by atoms with Crippen molar-refractivity contribution in [2.24, 2.45) is 0 Å². The summed E-state index contributed by atoms with van der Waals surface area (Å²) in [6, 6.07) is 0. The largest absolute Gasteiger partial charge is 0.386 e. The molecule has 1 heterocycles. The van der Waals surface area contributed by atoms with Crippen molar-refractivity contribution >= 4 is 10.0 Å². The molecule has 1 atom stereocenters. The van der Waals surface area contributed by atoms with Crippen LogP contribution in [0.25, 0.3) is 0 Å². The molecule has 0 aliphatic carbocycles. The van der Waals surface area contributed by atoms with Gasteiger partial charge in [0.1, 0.15) is 6.10 Å². The third kappa shape index (κ3) is 2.86. The summed E-state index contributed by atoms with van der Waals surface area (Å²) in [5, 5.41) is 8.85. The maximum atomic E-state index is 12.0. The molecule has 0 radical (unpaired) electrons. The van der Waals surface area contributed by atoms with E-state index in [0.29, 0.717) is 12.8 Å². The van der Waals surface area contributed by atoms with Crippen molar-refractivity contribution in [2.75, 3.05) is 18.8 Å². The van der Waals surface area contributed by atoms with Gasteiger partial charge in [-0.3, -0.25) is 0 Å². The highest BCUT2D eigenvalue weighted by Gasteiger charge is 2.30. The zero-order chi connectivity index (χ0) is 10.8. The minimum Gasteiger partial charge on any atom is -0.386 e. The zero-order valence-corrected chi connectivity index (χ0v) is 8.38. The summed E-state index contributed by atoms with van der Waals surface area (Å²) < 4.78 is 47.5. The molecule has 1 rings (SSSR count). The average molecular weight is 229 g/mol. The number of aliphatic hydroxyl groups excluding tert-OH is 1. The molecule has 1 aliphatic rings. The molecule has 0 spiro atoms. The van der Waals surface area contributed by atoms with Crippen LogP contribution in [0.4, 0.5) is 8.78 Å². The number of nitrogens with zero attached hydrogens (tertiary/aromatic N) is 1. The van der Waals surface area contributed by atoms with Gasteiger partial charge in [0.25, 0.3) is 6.43 Å². The molecule has 1 aliphatic heterocycles. The molecule has 0 aromatic heterocycles. The monoisotopic (exact) mass is 229 g/mol. The van der Waals surface area contributed by atoms with Crippen molar-refractivity contribution in [1.29, 1.82) is 0 Å². The lowest BCUT2D eigenvalue weighted by Gasteiger charge is -2.27. The minimum absolute atomic E-state index is 0.0110. The van der Waals surface area contributed by atoms with Gasteiger partial charge in [0, 0.05) is 13.1 Å². The Bertz CT molecular complexity index is 281. The lowest BCUT2D eigenvalue weighted by atomic mass is 10.3. The van der Waals surface area contributed by atoms with Crippen LogP contribution in [0.2, 0.25) is 0 Å². The van der Waals surface area contributed by atoms with Crippen molar-refractivity contribution in [3.05, 3.63) is 0 Å².